The molecule has 0 saturated heterocycles. The second-order valence-corrected chi connectivity index (χ2v) is 4.57. The normalized spacial score (nSPS) is 11.3. The summed E-state index contributed by atoms with van der Waals surface area (Å²) in [7, 11) is 1.80. The average molecular weight is 274 g/mol. The van der Waals surface area contributed by atoms with Crippen LogP contribution in [0.15, 0.2) is 21.9 Å². The van der Waals surface area contributed by atoms with Gasteiger partial charge in [0.05, 0.1) is 0 Å². The van der Waals surface area contributed by atoms with Crippen LogP contribution in [0.3, 0.4) is 0 Å². The van der Waals surface area contributed by atoms with Gasteiger partial charge in [0.1, 0.15) is 11.2 Å². The lowest BCUT2D eigenvalue weighted by Crippen LogP contribution is -2.30. The summed E-state index contributed by atoms with van der Waals surface area (Å²) in [6.45, 7) is 2.45. The van der Waals surface area contributed by atoms with Gasteiger partial charge in [-0.25, -0.2) is 9.78 Å². The summed E-state index contributed by atoms with van der Waals surface area (Å²) in [4.78, 5) is 33.2. The first-order valence-corrected chi connectivity index (χ1v) is 6.33. The van der Waals surface area contributed by atoms with Crippen LogP contribution in [0.4, 0.5) is 0 Å². The molecule has 3 aromatic heterocycles. The number of fused-ring (bicyclic) bond motifs is 1. The maximum absolute atomic E-state index is 11.8. The molecule has 0 unspecified atom stereocenters. The monoisotopic (exact) mass is 274 g/mol. The molecule has 0 aromatic carbocycles. The molecule has 0 spiro atoms. The van der Waals surface area contributed by atoms with Crippen LogP contribution in [0.25, 0.3) is 22.7 Å². The van der Waals surface area contributed by atoms with E-state index in [2.05, 4.69) is 20.1 Å². The number of hydrogen-bond donors (Lipinski definition) is 2. The number of aryl methyl sites for hydroxylation is 2. The second kappa shape index (κ2) is 4.48. The van der Waals surface area contributed by atoms with Crippen LogP contribution in [-0.4, -0.2) is 29.3 Å². The third kappa shape index (κ3) is 1.85. The van der Waals surface area contributed by atoms with Gasteiger partial charge in [-0.05, 0) is 12.5 Å². The van der Waals surface area contributed by atoms with Crippen LogP contribution in [0.1, 0.15) is 13.3 Å². The number of imidazole rings is 1. The molecule has 8 heteroatoms. The summed E-state index contributed by atoms with van der Waals surface area (Å²) >= 11 is 0. The van der Waals surface area contributed by atoms with Crippen LogP contribution in [0.2, 0.25) is 0 Å². The number of hydrogen-bond acceptors (Lipinski definition) is 4. The Hall–Kier alpha value is -2.64. The molecule has 0 atom stereocenters. The Labute approximate surface area is 113 Å². The standard InChI is InChI=1S/C12H14N6O2/c1-3-5-18-10-8(11(19)15-12(18)20)13-9(14-10)7-4-6-17(2)16-7/h4,6H,3,5H2,1-2H3,(H,13,14)(H,15,19,20). The molecule has 3 heterocycles. The molecule has 104 valence electrons. The predicted octanol–water partition coefficient (Wildman–Crippen LogP) is 0.223. The highest BCUT2D eigenvalue weighted by Gasteiger charge is 2.14. The first kappa shape index (κ1) is 12.4. The highest BCUT2D eigenvalue weighted by Crippen LogP contribution is 2.15. The van der Waals surface area contributed by atoms with Crippen LogP contribution >= 0.6 is 0 Å². The summed E-state index contributed by atoms with van der Waals surface area (Å²) < 4.78 is 3.10. The van der Waals surface area contributed by atoms with Gasteiger partial charge in [-0.2, -0.15) is 5.10 Å². The van der Waals surface area contributed by atoms with E-state index in [0.29, 0.717) is 29.2 Å². The maximum Gasteiger partial charge on any atom is 0.330 e. The van der Waals surface area contributed by atoms with Gasteiger partial charge in [-0.15, -0.1) is 0 Å². The molecule has 8 nitrogen and oxygen atoms in total. The van der Waals surface area contributed by atoms with E-state index in [1.54, 1.807) is 24.0 Å². The summed E-state index contributed by atoms with van der Waals surface area (Å²) in [5.74, 6) is 0.474. The third-order valence-corrected chi connectivity index (χ3v) is 3.04. The SMILES string of the molecule is CCCn1c(=O)[nH]c(=O)c2[nH]c(-c3ccn(C)n3)nc21. The van der Waals surface area contributed by atoms with Crippen molar-refractivity contribution in [3.05, 3.63) is 33.1 Å². The Morgan fingerprint density at radius 3 is 2.75 bits per heavy atom. The molecule has 0 bridgehead atoms. The third-order valence-electron chi connectivity index (χ3n) is 3.04. The quantitative estimate of drug-likeness (QED) is 0.713. The number of aromatic amines is 2. The van der Waals surface area contributed by atoms with E-state index in [1.165, 1.54) is 4.57 Å². The lowest BCUT2D eigenvalue weighted by Gasteiger charge is -2.02. The minimum Gasteiger partial charge on any atom is -0.331 e. The topological polar surface area (TPSA) is 101 Å². The summed E-state index contributed by atoms with van der Waals surface area (Å²) in [6.07, 6.45) is 2.55. The molecule has 0 saturated carbocycles. The zero-order valence-corrected chi connectivity index (χ0v) is 11.2. The second-order valence-electron chi connectivity index (χ2n) is 4.57. The molecule has 0 aliphatic heterocycles. The largest absolute Gasteiger partial charge is 0.331 e. The Bertz CT molecular complexity index is 881. The van der Waals surface area contributed by atoms with E-state index in [4.69, 9.17) is 0 Å². The lowest BCUT2D eigenvalue weighted by molar-refractivity contribution is 0.652. The predicted molar refractivity (Wildman–Crippen MR) is 73.5 cm³/mol. The van der Waals surface area contributed by atoms with Crippen molar-refractivity contribution >= 4 is 11.2 Å². The minimum atomic E-state index is -0.466. The molecule has 0 amide bonds. The van der Waals surface area contributed by atoms with E-state index in [0.717, 1.165) is 6.42 Å². The van der Waals surface area contributed by atoms with Crippen molar-refractivity contribution in [2.24, 2.45) is 7.05 Å². The number of aromatic nitrogens is 6. The zero-order valence-electron chi connectivity index (χ0n) is 11.2. The molecule has 0 aliphatic rings. The Kier molecular flexibility index (Phi) is 2.78. The van der Waals surface area contributed by atoms with E-state index < -0.39 is 11.2 Å². The van der Waals surface area contributed by atoms with Crippen molar-refractivity contribution in [2.45, 2.75) is 19.9 Å². The van der Waals surface area contributed by atoms with Crippen molar-refractivity contribution in [1.29, 1.82) is 0 Å². The fourth-order valence-corrected chi connectivity index (χ4v) is 2.13. The van der Waals surface area contributed by atoms with E-state index in [1.807, 2.05) is 6.92 Å². The molecule has 0 fully saturated rings. The van der Waals surface area contributed by atoms with Crippen LogP contribution < -0.4 is 11.2 Å². The van der Waals surface area contributed by atoms with Gasteiger partial charge in [0.2, 0.25) is 0 Å². The summed E-state index contributed by atoms with van der Waals surface area (Å²) in [6, 6.07) is 1.79. The molecule has 0 radical (unpaired) electrons. The minimum absolute atomic E-state index is 0.290. The van der Waals surface area contributed by atoms with Crippen molar-refractivity contribution in [1.82, 2.24) is 29.3 Å². The van der Waals surface area contributed by atoms with Crippen LogP contribution in [0, 0.1) is 0 Å². The van der Waals surface area contributed by atoms with Gasteiger partial charge < -0.3 is 4.98 Å². The first-order valence-electron chi connectivity index (χ1n) is 6.33. The van der Waals surface area contributed by atoms with Crippen molar-refractivity contribution in [3.8, 4) is 11.5 Å². The highest BCUT2D eigenvalue weighted by molar-refractivity contribution is 5.74. The smallest absolute Gasteiger partial charge is 0.330 e. The van der Waals surface area contributed by atoms with Gasteiger partial charge in [0, 0.05) is 19.8 Å². The van der Waals surface area contributed by atoms with Gasteiger partial charge >= 0.3 is 5.69 Å². The van der Waals surface area contributed by atoms with Gasteiger partial charge in [0.25, 0.3) is 5.56 Å². The molecule has 2 N–H and O–H groups in total. The lowest BCUT2D eigenvalue weighted by atomic mass is 10.4. The number of H-pyrrole nitrogens is 2. The van der Waals surface area contributed by atoms with Crippen LogP contribution in [0.5, 0.6) is 0 Å². The molecular weight excluding hydrogens is 260 g/mol. The highest BCUT2D eigenvalue weighted by atomic mass is 16.2. The average Bonchev–Trinajstić information content (AvgIpc) is 3.00. The molecule has 0 aliphatic carbocycles. The molecule has 20 heavy (non-hydrogen) atoms. The van der Waals surface area contributed by atoms with Gasteiger partial charge in [0.15, 0.2) is 11.5 Å². The van der Waals surface area contributed by atoms with Crippen molar-refractivity contribution in [3.63, 3.8) is 0 Å². The van der Waals surface area contributed by atoms with E-state index >= 15 is 0 Å². The molecular formula is C12H14N6O2. The Morgan fingerprint density at radius 2 is 2.10 bits per heavy atom. The van der Waals surface area contributed by atoms with Crippen molar-refractivity contribution < 1.29 is 0 Å². The summed E-state index contributed by atoms with van der Waals surface area (Å²) in [5.41, 5.74) is 0.369. The number of rotatable bonds is 3. The van der Waals surface area contributed by atoms with E-state index in [9.17, 15) is 9.59 Å². The van der Waals surface area contributed by atoms with E-state index in [-0.39, 0.29) is 0 Å². The number of nitrogens with zero attached hydrogens (tertiary/aromatic N) is 4. The first-order chi connectivity index (χ1) is 9.60. The fraction of sp³-hybridized carbons (Fsp3) is 0.333. The maximum atomic E-state index is 11.8. The zero-order chi connectivity index (χ0) is 14.3. The van der Waals surface area contributed by atoms with Gasteiger partial charge in [-0.3, -0.25) is 19.0 Å². The Morgan fingerprint density at radius 1 is 1.30 bits per heavy atom. The fourth-order valence-electron chi connectivity index (χ4n) is 2.13. The van der Waals surface area contributed by atoms with Gasteiger partial charge in [-0.1, -0.05) is 6.92 Å². The molecule has 3 rings (SSSR count). The van der Waals surface area contributed by atoms with Crippen LogP contribution in [-0.2, 0) is 13.6 Å². The molecule has 3 aromatic rings. The summed E-state index contributed by atoms with van der Waals surface area (Å²) in [5, 5.41) is 4.23. The Balaban J connectivity index is 2.29. The van der Waals surface area contributed by atoms with Crippen molar-refractivity contribution in [2.75, 3.05) is 0 Å². The number of nitrogens with one attached hydrogen (secondary N) is 2.